The molecule has 0 fully saturated rings. The third-order valence-corrected chi connectivity index (χ3v) is 2.88. The first-order valence-electron chi connectivity index (χ1n) is 5.47. The van der Waals surface area contributed by atoms with Crippen molar-refractivity contribution in [2.24, 2.45) is 0 Å². The van der Waals surface area contributed by atoms with Crippen LogP contribution in [0, 0.1) is 6.92 Å². The third kappa shape index (κ3) is 2.43. The number of nitrogens with zero attached hydrogens (tertiary/aromatic N) is 1. The van der Waals surface area contributed by atoms with Gasteiger partial charge >= 0.3 is 0 Å². The van der Waals surface area contributed by atoms with E-state index in [2.05, 4.69) is 58.7 Å². The summed E-state index contributed by atoms with van der Waals surface area (Å²) in [7, 11) is 0. The van der Waals surface area contributed by atoms with Gasteiger partial charge in [-0.2, -0.15) is 0 Å². The topological polar surface area (TPSA) is 4.93 Å². The maximum Gasteiger partial charge on any atom is 0.0483 e. The summed E-state index contributed by atoms with van der Waals surface area (Å²) in [6, 6.07) is 6.43. The largest absolute Gasteiger partial charge is 0.347 e. The Balaban J connectivity index is 0.000000531. The number of hydrogen-bond donors (Lipinski definition) is 0. The molecule has 0 saturated heterocycles. The number of hydrogen-bond acceptors (Lipinski definition) is 0. The minimum Gasteiger partial charge on any atom is -0.347 e. The Kier molecular flexibility index (Phi) is 4.40. The molecule has 0 bridgehead atoms. The molecule has 0 spiro atoms. The predicted octanol–water partition coefficient (Wildman–Crippen LogP) is 4.76. The van der Waals surface area contributed by atoms with Crippen LogP contribution in [-0.2, 0) is 6.54 Å². The van der Waals surface area contributed by atoms with Gasteiger partial charge in [0.05, 0.1) is 0 Å². The average molecular weight is 268 g/mol. The molecule has 2 aromatic rings. The van der Waals surface area contributed by atoms with Gasteiger partial charge in [0, 0.05) is 28.1 Å². The first-order chi connectivity index (χ1) is 7.22. The van der Waals surface area contributed by atoms with Crippen LogP contribution in [0.4, 0.5) is 0 Å². The van der Waals surface area contributed by atoms with E-state index in [1.165, 1.54) is 16.5 Å². The molecule has 1 heterocycles. The van der Waals surface area contributed by atoms with Gasteiger partial charge < -0.3 is 4.57 Å². The van der Waals surface area contributed by atoms with Gasteiger partial charge in [-0.05, 0) is 37.6 Å². The molecule has 0 aliphatic rings. The van der Waals surface area contributed by atoms with Gasteiger partial charge in [0.2, 0.25) is 0 Å². The van der Waals surface area contributed by atoms with E-state index in [4.69, 9.17) is 0 Å². The van der Waals surface area contributed by atoms with E-state index in [-0.39, 0.29) is 0 Å². The van der Waals surface area contributed by atoms with E-state index in [1.807, 2.05) is 13.8 Å². The number of fused-ring (bicyclic) bond motifs is 1. The molecule has 0 aliphatic heterocycles. The van der Waals surface area contributed by atoms with Crippen LogP contribution in [0.2, 0.25) is 0 Å². The van der Waals surface area contributed by atoms with Crippen molar-refractivity contribution in [1.82, 2.24) is 4.57 Å². The Labute approximate surface area is 100 Å². The first-order valence-corrected chi connectivity index (χ1v) is 6.26. The fourth-order valence-electron chi connectivity index (χ4n) is 1.71. The Morgan fingerprint density at radius 3 is 2.53 bits per heavy atom. The zero-order valence-electron chi connectivity index (χ0n) is 9.84. The molecule has 0 saturated carbocycles. The van der Waals surface area contributed by atoms with E-state index in [1.54, 1.807) is 0 Å². The summed E-state index contributed by atoms with van der Waals surface area (Å²) in [6.07, 6.45) is 2.21. The summed E-state index contributed by atoms with van der Waals surface area (Å²) in [5, 5.41) is 1.34. The van der Waals surface area contributed by atoms with Crippen LogP contribution < -0.4 is 0 Å². The van der Waals surface area contributed by atoms with Gasteiger partial charge in [-0.15, -0.1) is 0 Å². The number of rotatable bonds is 1. The lowest BCUT2D eigenvalue weighted by atomic mass is 10.2. The van der Waals surface area contributed by atoms with Gasteiger partial charge in [-0.1, -0.05) is 29.8 Å². The highest BCUT2D eigenvalue weighted by Gasteiger charge is 2.03. The standard InChI is InChI=1S/C11H12BrN.C2H6/c1-3-13-7-8(2)10-6-9(12)4-5-11(10)13;1-2/h4-7H,3H2,1-2H3;1-2H3. The lowest BCUT2D eigenvalue weighted by Crippen LogP contribution is -1.89. The summed E-state index contributed by atoms with van der Waals surface area (Å²) in [5.74, 6) is 0. The maximum atomic E-state index is 3.49. The molecule has 1 aromatic carbocycles. The Morgan fingerprint density at radius 2 is 1.93 bits per heavy atom. The van der Waals surface area contributed by atoms with E-state index in [9.17, 15) is 0 Å². The molecule has 15 heavy (non-hydrogen) atoms. The molecule has 0 amide bonds. The molecular formula is C13H18BrN. The van der Waals surface area contributed by atoms with Gasteiger partial charge in [-0.3, -0.25) is 0 Å². The van der Waals surface area contributed by atoms with Crippen LogP contribution in [0.3, 0.4) is 0 Å². The maximum absolute atomic E-state index is 3.49. The summed E-state index contributed by atoms with van der Waals surface area (Å²) < 4.78 is 3.42. The molecule has 1 aromatic heterocycles. The number of aryl methyl sites for hydroxylation is 2. The van der Waals surface area contributed by atoms with Crippen molar-refractivity contribution in [3.8, 4) is 0 Å². The molecule has 0 N–H and O–H groups in total. The van der Waals surface area contributed by atoms with Crippen LogP contribution in [0.1, 0.15) is 26.3 Å². The highest BCUT2D eigenvalue weighted by atomic mass is 79.9. The van der Waals surface area contributed by atoms with Gasteiger partial charge in [0.1, 0.15) is 0 Å². The second kappa shape index (κ2) is 5.36. The molecule has 0 aliphatic carbocycles. The van der Waals surface area contributed by atoms with Crippen molar-refractivity contribution >= 4 is 26.8 Å². The van der Waals surface area contributed by atoms with Crippen LogP contribution in [0.5, 0.6) is 0 Å². The molecule has 2 rings (SSSR count). The molecule has 1 nitrogen and oxygen atoms in total. The highest BCUT2D eigenvalue weighted by molar-refractivity contribution is 9.10. The lowest BCUT2D eigenvalue weighted by Gasteiger charge is -1.99. The summed E-state index contributed by atoms with van der Waals surface area (Å²) in [6.45, 7) is 9.35. The number of aromatic nitrogens is 1. The molecule has 0 atom stereocenters. The van der Waals surface area contributed by atoms with Crippen molar-refractivity contribution in [2.45, 2.75) is 34.2 Å². The van der Waals surface area contributed by atoms with E-state index >= 15 is 0 Å². The zero-order chi connectivity index (χ0) is 11.4. The number of benzene rings is 1. The quantitative estimate of drug-likeness (QED) is 0.702. The monoisotopic (exact) mass is 267 g/mol. The van der Waals surface area contributed by atoms with E-state index in [0.29, 0.717) is 0 Å². The van der Waals surface area contributed by atoms with Crippen molar-refractivity contribution < 1.29 is 0 Å². The normalized spacial score (nSPS) is 9.93. The smallest absolute Gasteiger partial charge is 0.0483 e. The van der Waals surface area contributed by atoms with Crippen molar-refractivity contribution in [1.29, 1.82) is 0 Å². The zero-order valence-corrected chi connectivity index (χ0v) is 11.4. The van der Waals surface area contributed by atoms with E-state index in [0.717, 1.165) is 11.0 Å². The minimum atomic E-state index is 1.03. The van der Waals surface area contributed by atoms with Gasteiger partial charge in [-0.25, -0.2) is 0 Å². The minimum absolute atomic E-state index is 1.03. The van der Waals surface area contributed by atoms with Crippen molar-refractivity contribution in [3.63, 3.8) is 0 Å². The van der Waals surface area contributed by atoms with Crippen molar-refractivity contribution in [3.05, 3.63) is 34.4 Å². The van der Waals surface area contributed by atoms with Gasteiger partial charge in [0.25, 0.3) is 0 Å². The Hall–Kier alpha value is -0.760. The fourth-order valence-corrected chi connectivity index (χ4v) is 2.07. The molecule has 2 heteroatoms. The molecule has 0 radical (unpaired) electrons. The predicted molar refractivity (Wildman–Crippen MR) is 71.4 cm³/mol. The van der Waals surface area contributed by atoms with Crippen molar-refractivity contribution in [2.75, 3.05) is 0 Å². The summed E-state index contributed by atoms with van der Waals surface area (Å²) in [4.78, 5) is 0. The summed E-state index contributed by atoms with van der Waals surface area (Å²) in [5.41, 5.74) is 2.67. The van der Waals surface area contributed by atoms with Crippen LogP contribution >= 0.6 is 15.9 Å². The Bertz CT molecular complexity index is 443. The van der Waals surface area contributed by atoms with Crippen LogP contribution in [-0.4, -0.2) is 4.57 Å². The Morgan fingerprint density at radius 1 is 1.27 bits per heavy atom. The lowest BCUT2D eigenvalue weighted by molar-refractivity contribution is 0.795. The SMILES string of the molecule is CC.CCn1cc(C)c2cc(Br)ccc21. The number of halogens is 1. The molecular weight excluding hydrogens is 250 g/mol. The van der Waals surface area contributed by atoms with E-state index < -0.39 is 0 Å². The van der Waals surface area contributed by atoms with Crippen LogP contribution in [0.25, 0.3) is 10.9 Å². The van der Waals surface area contributed by atoms with Crippen LogP contribution in [0.15, 0.2) is 28.9 Å². The second-order valence-corrected chi connectivity index (χ2v) is 4.18. The highest BCUT2D eigenvalue weighted by Crippen LogP contribution is 2.24. The average Bonchev–Trinajstić information content (AvgIpc) is 2.58. The summed E-state index contributed by atoms with van der Waals surface area (Å²) >= 11 is 3.49. The van der Waals surface area contributed by atoms with Gasteiger partial charge in [0.15, 0.2) is 0 Å². The first kappa shape index (κ1) is 12.3. The molecule has 82 valence electrons. The molecule has 0 unspecified atom stereocenters. The second-order valence-electron chi connectivity index (χ2n) is 3.26. The fraction of sp³-hybridized carbons (Fsp3) is 0.385. The third-order valence-electron chi connectivity index (χ3n) is 2.38.